The number of hydrogen-bond acceptors (Lipinski definition) is 5. The van der Waals surface area contributed by atoms with E-state index in [-0.39, 0.29) is 0 Å². The monoisotopic (exact) mass is 363 g/mol. The van der Waals surface area contributed by atoms with Gasteiger partial charge in [-0.05, 0) is 43.4 Å². The third-order valence-electron chi connectivity index (χ3n) is 4.55. The maximum atomic E-state index is 5.53. The highest BCUT2D eigenvalue weighted by atomic mass is 28.4. The molecule has 0 saturated heterocycles. The summed E-state index contributed by atoms with van der Waals surface area (Å²) in [7, 11) is 2.46. The largest absolute Gasteiger partial charge is 0.500 e. The van der Waals surface area contributed by atoms with Crippen molar-refractivity contribution in [1.29, 1.82) is 0 Å². The fraction of sp³-hybridized carbons (Fsp3) is 0.556. The smallest absolute Gasteiger partial charge is 0.377 e. The zero-order valence-corrected chi connectivity index (χ0v) is 16.9. The predicted octanol–water partition coefficient (Wildman–Crippen LogP) is 3.20. The molecule has 0 amide bonds. The van der Waals surface area contributed by atoms with Crippen LogP contribution in [0.4, 0.5) is 0 Å². The molecule has 0 saturated carbocycles. The average molecular weight is 364 g/mol. The summed E-state index contributed by atoms with van der Waals surface area (Å²) in [5.41, 5.74) is 3.69. The van der Waals surface area contributed by atoms with Gasteiger partial charge in [0, 0.05) is 39.3 Å². The molecule has 0 N–H and O–H groups in total. The molecule has 2 rings (SSSR count). The molecule has 25 heavy (non-hydrogen) atoms. The van der Waals surface area contributed by atoms with Crippen LogP contribution in [0.25, 0.3) is 5.82 Å². The molecule has 0 aliphatic carbocycles. The molecule has 0 aromatic carbocycles. The van der Waals surface area contributed by atoms with Crippen LogP contribution in [0, 0.1) is 0 Å². The van der Waals surface area contributed by atoms with E-state index in [0.717, 1.165) is 43.2 Å². The number of aryl methyl sites for hydroxylation is 1. The molecular weight excluding hydrogens is 334 g/mol. The number of pyridine rings is 1. The standard InChI is InChI=1S/C18H29N3O3Si/c1-6-16-15(11-10-14-25(22-3,23-4)24-5)17(7-2)21(20-16)18-12-8-9-13-19-18/h8-9,12-13H,6-7,10-11,14H2,1-5H3. The molecule has 138 valence electrons. The lowest BCUT2D eigenvalue weighted by Crippen LogP contribution is -2.42. The zero-order valence-electron chi connectivity index (χ0n) is 15.9. The summed E-state index contributed by atoms with van der Waals surface area (Å²) < 4.78 is 18.6. The minimum absolute atomic E-state index is 0.789. The van der Waals surface area contributed by atoms with Crippen LogP contribution in [0.1, 0.15) is 37.2 Å². The van der Waals surface area contributed by atoms with Gasteiger partial charge in [0.05, 0.1) is 5.69 Å². The molecule has 0 radical (unpaired) electrons. The van der Waals surface area contributed by atoms with Crippen molar-refractivity contribution in [2.45, 2.75) is 45.6 Å². The van der Waals surface area contributed by atoms with E-state index in [9.17, 15) is 0 Å². The lowest BCUT2D eigenvalue weighted by atomic mass is 10.0. The first-order chi connectivity index (χ1) is 12.1. The topological polar surface area (TPSA) is 58.4 Å². The number of rotatable bonds is 10. The molecule has 2 heterocycles. The molecular formula is C18H29N3O3Si. The minimum Gasteiger partial charge on any atom is -0.377 e. The van der Waals surface area contributed by atoms with Crippen molar-refractivity contribution in [2.24, 2.45) is 0 Å². The fourth-order valence-corrected chi connectivity index (χ4v) is 4.90. The first kappa shape index (κ1) is 19.8. The number of hydrogen-bond donors (Lipinski definition) is 0. The van der Waals surface area contributed by atoms with Gasteiger partial charge in [0.25, 0.3) is 0 Å². The van der Waals surface area contributed by atoms with Crippen LogP contribution in [0.2, 0.25) is 6.04 Å². The van der Waals surface area contributed by atoms with Crippen LogP contribution in [0.3, 0.4) is 0 Å². The SMILES string of the molecule is CCc1nn(-c2ccccn2)c(CC)c1CCC[Si](OC)(OC)OC. The number of aromatic nitrogens is 3. The van der Waals surface area contributed by atoms with Gasteiger partial charge in [-0.3, -0.25) is 0 Å². The van der Waals surface area contributed by atoms with E-state index in [1.165, 1.54) is 11.3 Å². The molecule has 7 heteroatoms. The van der Waals surface area contributed by atoms with Gasteiger partial charge in [-0.2, -0.15) is 5.10 Å². The molecule has 0 unspecified atom stereocenters. The average Bonchev–Trinajstić information content (AvgIpc) is 3.04. The molecule has 0 atom stereocenters. The Kier molecular flexibility index (Phi) is 7.31. The highest BCUT2D eigenvalue weighted by molar-refractivity contribution is 6.60. The van der Waals surface area contributed by atoms with E-state index < -0.39 is 8.80 Å². The highest BCUT2D eigenvalue weighted by Gasteiger charge is 2.37. The van der Waals surface area contributed by atoms with Gasteiger partial charge in [-0.25, -0.2) is 9.67 Å². The molecule has 2 aromatic heterocycles. The lowest BCUT2D eigenvalue weighted by Gasteiger charge is -2.24. The van der Waals surface area contributed by atoms with Crippen molar-refractivity contribution >= 4 is 8.80 Å². The van der Waals surface area contributed by atoms with E-state index in [1.807, 2.05) is 22.9 Å². The van der Waals surface area contributed by atoms with Crippen molar-refractivity contribution in [3.63, 3.8) is 0 Å². The predicted molar refractivity (Wildman–Crippen MR) is 100 cm³/mol. The van der Waals surface area contributed by atoms with Crippen LogP contribution < -0.4 is 0 Å². The van der Waals surface area contributed by atoms with Crippen molar-refractivity contribution in [1.82, 2.24) is 14.8 Å². The molecule has 2 aromatic rings. The Bertz CT molecular complexity index is 649. The van der Waals surface area contributed by atoms with Gasteiger partial charge in [0.1, 0.15) is 0 Å². The maximum absolute atomic E-state index is 5.53. The van der Waals surface area contributed by atoms with E-state index in [1.54, 1.807) is 27.5 Å². The first-order valence-corrected chi connectivity index (χ1v) is 10.7. The van der Waals surface area contributed by atoms with Crippen LogP contribution in [0.5, 0.6) is 0 Å². The fourth-order valence-electron chi connectivity index (χ4n) is 3.18. The summed E-state index contributed by atoms with van der Waals surface area (Å²) in [6, 6.07) is 6.70. The van der Waals surface area contributed by atoms with Gasteiger partial charge in [0.15, 0.2) is 5.82 Å². The van der Waals surface area contributed by atoms with Gasteiger partial charge in [-0.1, -0.05) is 19.9 Å². The Morgan fingerprint density at radius 3 is 2.28 bits per heavy atom. The van der Waals surface area contributed by atoms with E-state index >= 15 is 0 Å². The van der Waals surface area contributed by atoms with Gasteiger partial charge < -0.3 is 13.3 Å². The van der Waals surface area contributed by atoms with Crippen molar-refractivity contribution < 1.29 is 13.3 Å². The third kappa shape index (κ3) is 4.35. The van der Waals surface area contributed by atoms with Gasteiger partial charge in [0.2, 0.25) is 0 Å². The van der Waals surface area contributed by atoms with Crippen molar-refractivity contribution in [3.8, 4) is 5.82 Å². The summed E-state index contributed by atoms with van der Waals surface area (Å²) in [6.07, 6.45) is 5.50. The van der Waals surface area contributed by atoms with E-state index in [0.29, 0.717) is 0 Å². The van der Waals surface area contributed by atoms with E-state index in [4.69, 9.17) is 18.4 Å². The zero-order chi connectivity index (χ0) is 18.3. The van der Waals surface area contributed by atoms with Gasteiger partial charge in [-0.15, -0.1) is 0 Å². The Morgan fingerprint density at radius 2 is 1.76 bits per heavy atom. The van der Waals surface area contributed by atoms with E-state index in [2.05, 4.69) is 18.8 Å². The normalized spacial score (nSPS) is 11.9. The summed E-state index contributed by atoms with van der Waals surface area (Å²) >= 11 is 0. The minimum atomic E-state index is -2.52. The lowest BCUT2D eigenvalue weighted by molar-refractivity contribution is 0.123. The van der Waals surface area contributed by atoms with Crippen molar-refractivity contribution in [3.05, 3.63) is 41.3 Å². The Labute approximate surface area is 151 Å². The third-order valence-corrected chi connectivity index (χ3v) is 7.38. The Hall–Kier alpha value is -1.54. The molecule has 0 bridgehead atoms. The molecule has 6 nitrogen and oxygen atoms in total. The van der Waals surface area contributed by atoms with Crippen LogP contribution in [-0.4, -0.2) is 44.9 Å². The van der Waals surface area contributed by atoms with Crippen LogP contribution in [0.15, 0.2) is 24.4 Å². The number of nitrogens with zero attached hydrogens (tertiary/aromatic N) is 3. The summed E-state index contributed by atoms with van der Waals surface area (Å²) in [4.78, 5) is 4.45. The van der Waals surface area contributed by atoms with Crippen molar-refractivity contribution in [2.75, 3.05) is 21.3 Å². The second-order valence-electron chi connectivity index (χ2n) is 5.83. The maximum Gasteiger partial charge on any atom is 0.500 e. The molecule has 0 spiro atoms. The molecule has 0 aliphatic heterocycles. The Morgan fingerprint density at radius 1 is 1.04 bits per heavy atom. The molecule has 0 fully saturated rings. The summed E-state index contributed by atoms with van der Waals surface area (Å²) in [6.45, 7) is 4.31. The molecule has 0 aliphatic rings. The van der Waals surface area contributed by atoms with Crippen LogP contribution >= 0.6 is 0 Å². The highest BCUT2D eigenvalue weighted by Crippen LogP contribution is 2.24. The first-order valence-electron chi connectivity index (χ1n) is 8.81. The Balaban J connectivity index is 2.24. The second kappa shape index (κ2) is 9.24. The summed E-state index contributed by atoms with van der Waals surface area (Å²) in [5, 5.41) is 4.82. The quantitative estimate of drug-likeness (QED) is 0.607. The summed E-state index contributed by atoms with van der Waals surface area (Å²) in [5.74, 6) is 0.870. The van der Waals surface area contributed by atoms with Gasteiger partial charge >= 0.3 is 8.80 Å². The van der Waals surface area contributed by atoms with Crippen LogP contribution in [-0.2, 0) is 32.5 Å². The second-order valence-corrected chi connectivity index (χ2v) is 8.92.